The van der Waals surface area contributed by atoms with Gasteiger partial charge >= 0.3 is 6.09 Å². The molecule has 2 amide bonds. The molecule has 1 aliphatic heterocycles. The number of carbonyl (C=O) groups excluding carboxylic acids is 2. The predicted molar refractivity (Wildman–Crippen MR) is 111 cm³/mol. The zero-order valence-electron chi connectivity index (χ0n) is 16.4. The lowest BCUT2D eigenvalue weighted by molar-refractivity contribution is -0.110. The zero-order chi connectivity index (χ0) is 21.4. The lowest BCUT2D eigenvalue weighted by Gasteiger charge is -2.34. The van der Waals surface area contributed by atoms with Crippen molar-refractivity contribution < 1.29 is 22.7 Å². The number of piperidine rings is 1. The van der Waals surface area contributed by atoms with Crippen molar-refractivity contribution in [2.75, 3.05) is 6.54 Å². The number of hydrogen-bond donors (Lipinski definition) is 2. The highest BCUT2D eigenvalue weighted by Gasteiger charge is 2.36. The van der Waals surface area contributed by atoms with Crippen LogP contribution in [0.15, 0.2) is 65.6 Å². The van der Waals surface area contributed by atoms with Gasteiger partial charge in [-0.05, 0) is 37.0 Å². The van der Waals surface area contributed by atoms with Gasteiger partial charge in [0.05, 0.1) is 4.90 Å². The predicted octanol–water partition coefficient (Wildman–Crippen LogP) is 2.23. The summed E-state index contributed by atoms with van der Waals surface area (Å²) in [6, 6.07) is 17.4. The maximum absolute atomic E-state index is 13.0. The molecule has 0 saturated carbocycles. The maximum Gasteiger partial charge on any atom is 0.410 e. The first kappa shape index (κ1) is 21.8. The number of sulfonamides is 1. The van der Waals surface area contributed by atoms with E-state index in [1.165, 1.54) is 16.4 Å². The van der Waals surface area contributed by atoms with Gasteiger partial charge in [-0.2, -0.15) is 4.31 Å². The molecule has 3 rings (SSSR count). The van der Waals surface area contributed by atoms with Crippen molar-refractivity contribution in [3.05, 3.63) is 66.2 Å². The van der Waals surface area contributed by atoms with Gasteiger partial charge in [0, 0.05) is 13.0 Å². The van der Waals surface area contributed by atoms with E-state index in [-0.39, 0.29) is 11.4 Å². The van der Waals surface area contributed by atoms with Gasteiger partial charge < -0.3 is 15.4 Å². The molecule has 0 unspecified atom stereocenters. The van der Waals surface area contributed by atoms with Crippen molar-refractivity contribution in [3.63, 3.8) is 0 Å². The Morgan fingerprint density at radius 3 is 2.43 bits per heavy atom. The molecule has 1 saturated heterocycles. The van der Waals surface area contributed by atoms with E-state index in [0.29, 0.717) is 25.7 Å². The average molecular weight is 432 g/mol. The van der Waals surface area contributed by atoms with Crippen LogP contribution in [0, 0.1) is 0 Å². The molecule has 0 radical (unpaired) electrons. The van der Waals surface area contributed by atoms with Gasteiger partial charge in [0.25, 0.3) is 0 Å². The lowest BCUT2D eigenvalue weighted by atomic mass is 10.1. The third-order valence-corrected chi connectivity index (χ3v) is 6.74. The number of benzene rings is 2. The first-order valence-electron chi connectivity index (χ1n) is 9.78. The summed E-state index contributed by atoms with van der Waals surface area (Å²) in [4.78, 5) is 23.6. The van der Waals surface area contributed by atoms with Crippen molar-refractivity contribution in [3.8, 4) is 0 Å². The number of amides is 2. The third-order valence-electron chi connectivity index (χ3n) is 4.84. The minimum atomic E-state index is -3.79. The highest BCUT2D eigenvalue weighted by Crippen LogP contribution is 2.26. The monoisotopic (exact) mass is 431 g/mol. The Balaban J connectivity index is 1.67. The molecule has 0 aliphatic carbocycles. The Labute approximate surface area is 176 Å². The standard InChI is InChI=1S/C21H25N3O5S/c25-16-22-19(15-17-9-3-1-4-10-17)23-21(26)29-20-13-7-8-14-24(20)30(27,28)18-11-5-2-6-12-18/h1-6,9-12,16,19-20H,7-8,13-15H2,(H,22,25)(H,23,26)/t19-,20-/m0/s1. The molecule has 0 spiro atoms. The Kier molecular flexibility index (Phi) is 7.42. The van der Waals surface area contributed by atoms with Crippen molar-refractivity contribution in [1.29, 1.82) is 0 Å². The van der Waals surface area contributed by atoms with Crippen LogP contribution >= 0.6 is 0 Å². The first-order valence-corrected chi connectivity index (χ1v) is 11.2. The molecule has 30 heavy (non-hydrogen) atoms. The molecule has 1 heterocycles. The summed E-state index contributed by atoms with van der Waals surface area (Å²) in [5, 5.41) is 5.14. The Morgan fingerprint density at radius 1 is 1.10 bits per heavy atom. The molecule has 8 nitrogen and oxygen atoms in total. The van der Waals surface area contributed by atoms with Crippen LogP contribution in [-0.2, 0) is 26.0 Å². The second kappa shape index (κ2) is 10.2. The Morgan fingerprint density at radius 2 is 1.77 bits per heavy atom. The van der Waals surface area contributed by atoms with Crippen LogP contribution in [0.1, 0.15) is 24.8 Å². The van der Waals surface area contributed by atoms with Crippen molar-refractivity contribution in [1.82, 2.24) is 14.9 Å². The Bertz CT molecular complexity index is 938. The smallest absolute Gasteiger partial charge is 0.410 e. The summed E-state index contributed by atoms with van der Waals surface area (Å²) in [7, 11) is -3.79. The molecule has 2 aromatic rings. The molecule has 2 N–H and O–H groups in total. The maximum atomic E-state index is 13.0. The van der Waals surface area contributed by atoms with E-state index in [0.717, 1.165) is 12.0 Å². The van der Waals surface area contributed by atoms with Crippen LogP contribution in [-0.4, -0.2) is 44.2 Å². The van der Waals surface area contributed by atoms with Crippen molar-refractivity contribution >= 4 is 22.5 Å². The second-order valence-corrected chi connectivity index (χ2v) is 8.85. The van der Waals surface area contributed by atoms with Crippen LogP contribution in [0.3, 0.4) is 0 Å². The minimum Gasteiger partial charge on any atom is -0.429 e. The molecule has 1 fully saturated rings. The molecular formula is C21H25N3O5S. The third kappa shape index (κ3) is 5.58. The van der Waals surface area contributed by atoms with Crippen LogP contribution in [0.25, 0.3) is 0 Å². The van der Waals surface area contributed by atoms with Gasteiger partial charge in [-0.25, -0.2) is 13.2 Å². The number of carbonyl (C=O) groups is 2. The van der Waals surface area contributed by atoms with Crippen molar-refractivity contribution in [2.24, 2.45) is 0 Å². The molecule has 0 aromatic heterocycles. The van der Waals surface area contributed by atoms with E-state index in [4.69, 9.17) is 4.74 Å². The normalized spacial score (nSPS) is 18.2. The van der Waals surface area contributed by atoms with Gasteiger partial charge in [0.15, 0.2) is 6.23 Å². The molecule has 2 aromatic carbocycles. The fourth-order valence-corrected chi connectivity index (χ4v) is 4.98. The quantitative estimate of drug-likeness (QED) is 0.493. The number of nitrogens with one attached hydrogen (secondary N) is 2. The highest BCUT2D eigenvalue weighted by atomic mass is 32.2. The SMILES string of the molecule is O=CN[C@H](Cc1ccccc1)NC(=O)O[C@H]1CCCCN1S(=O)(=O)c1ccccc1. The first-order chi connectivity index (χ1) is 14.5. The zero-order valence-corrected chi connectivity index (χ0v) is 17.3. The number of hydrogen-bond acceptors (Lipinski definition) is 5. The average Bonchev–Trinajstić information content (AvgIpc) is 2.75. The molecule has 160 valence electrons. The highest BCUT2D eigenvalue weighted by molar-refractivity contribution is 7.89. The minimum absolute atomic E-state index is 0.158. The second-order valence-electron chi connectivity index (χ2n) is 6.96. The van der Waals surface area contributed by atoms with Crippen LogP contribution in [0.4, 0.5) is 4.79 Å². The van der Waals surface area contributed by atoms with Crippen molar-refractivity contribution in [2.45, 2.75) is 43.0 Å². The summed E-state index contributed by atoms with van der Waals surface area (Å²) in [5.41, 5.74) is 0.920. The lowest BCUT2D eigenvalue weighted by Crippen LogP contribution is -2.51. The van der Waals surface area contributed by atoms with Crippen LogP contribution in [0.5, 0.6) is 0 Å². The van der Waals surface area contributed by atoms with E-state index < -0.39 is 28.5 Å². The van der Waals surface area contributed by atoms with Gasteiger partial charge in [0.1, 0.15) is 6.17 Å². The van der Waals surface area contributed by atoms with Gasteiger partial charge in [-0.15, -0.1) is 0 Å². The summed E-state index contributed by atoms with van der Waals surface area (Å²) >= 11 is 0. The summed E-state index contributed by atoms with van der Waals surface area (Å²) in [5.74, 6) is 0. The fraction of sp³-hybridized carbons (Fsp3) is 0.333. The fourth-order valence-electron chi connectivity index (χ4n) is 3.38. The van der Waals surface area contributed by atoms with Gasteiger partial charge in [-0.3, -0.25) is 4.79 Å². The number of rotatable bonds is 8. The van der Waals surface area contributed by atoms with Gasteiger partial charge in [-0.1, -0.05) is 48.5 Å². The topological polar surface area (TPSA) is 105 Å². The van der Waals surface area contributed by atoms with E-state index in [1.807, 2.05) is 30.3 Å². The molecular weight excluding hydrogens is 406 g/mol. The largest absolute Gasteiger partial charge is 0.429 e. The van der Waals surface area contributed by atoms with Gasteiger partial charge in [0.2, 0.25) is 16.4 Å². The summed E-state index contributed by atoms with van der Waals surface area (Å²) in [6.07, 6.45) is 0.342. The van der Waals surface area contributed by atoms with E-state index in [9.17, 15) is 18.0 Å². The van der Waals surface area contributed by atoms with E-state index >= 15 is 0 Å². The number of nitrogens with zero attached hydrogens (tertiary/aromatic N) is 1. The summed E-state index contributed by atoms with van der Waals surface area (Å²) < 4.78 is 32.7. The molecule has 1 aliphatic rings. The molecule has 0 bridgehead atoms. The van der Waals surface area contributed by atoms with E-state index in [1.54, 1.807) is 18.2 Å². The number of alkyl carbamates (subject to hydrolysis) is 1. The number of ether oxygens (including phenoxy) is 1. The molecule has 9 heteroatoms. The van der Waals surface area contributed by atoms with E-state index in [2.05, 4.69) is 10.6 Å². The van der Waals surface area contributed by atoms with Crippen LogP contribution in [0.2, 0.25) is 0 Å². The summed E-state index contributed by atoms with van der Waals surface area (Å²) in [6.45, 7) is 0.273. The molecule has 2 atom stereocenters. The van der Waals surface area contributed by atoms with Crippen LogP contribution < -0.4 is 10.6 Å². The Hall–Kier alpha value is -2.91.